The minimum absolute atomic E-state index is 0.0429. The number of halogens is 2. The molecule has 0 aromatic heterocycles. The number of carbonyl (C=O) groups excluding carboxylic acids is 1. The fourth-order valence-electron chi connectivity index (χ4n) is 1.83. The van der Waals surface area contributed by atoms with Crippen LogP contribution in [0.3, 0.4) is 0 Å². The Morgan fingerprint density at radius 1 is 1.50 bits per heavy atom. The second-order valence-electron chi connectivity index (χ2n) is 4.09. The Labute approximate surface area is 93.7 Å². The summed E-state index contributed by atoms with van der Waals surface area (Å²) in [5.41, 5.74) is 5.78. The smallest absolute Gasteiger partial charge is 0.255 e. The zero-order valence-electron chi connectivity index (χ0n) is 9.36. The summed E-state index contributed by atoms with van der Waals surface area (Å²) in [6.45, 7) is 0.615. The number of amides is 1. The minimum atomic E-state index is -2.52. The summed E-state index contributed by atoms with van der Waals surface area (Å²) >= 11 is 0. The van der Waals surface area contributed by atoms with Gasteiger partial charge in [-0.05, 0) is 18.8 Å². The lowest BCUT2D eigenvalue weighted by atomic mass is 9.91. The van der Waals surface area contributed by atoms with E-state index in [2.05, 4.69) is 0 Å². The van der Waals surface area contributed by atoms with Crippen molar-refractivity contribution in [2.45, 2.75) is 25.3 Å². The highest BCUT2D eigenvalue weighted by Gasteiger charge is 2.29. The van der Waals surface area contributed by atoms with Crippen molar-refractivity contribution in [3.8, 4) is 0 Å². The molecule has 0 bridgehead atoms. The van der Waals surface area contributed by atoms with Gasteiger partial charge in [-0.25, -0.2) is 8.78 Å². The number of nitrogens with zero attached hydrogens (tertiary/aromatic N) is 1. The molecule has 0 spiro atoms. The number of carbonyl (C=O) groups is 1. The molecular weight excluding hydrogens is 218 g/mol. The molecule has 1 unspecified atom stereocenters. The van der Waals surface area contributed by atoms with Crippen LogP contribution >= 0.6 is 0 Å². The SMILES string of the molecule is CN(CC(F)F)C(=O)C(N)C1CCOCC1. The number of hydrogen-bond donors (Lipinski definition) is 1. The van der Waals surface area contributed by atoms with Gasteiger partial charge in [-0.2, -0.15) is 0 Å². The lowest BCUT2D eigenvalue weighted by molar-refractivity contribution is -0.135. The van der Waals surface area contributed by atoms with Crippen LogP contribution in [0.1, 0.15) is 12.8 Å². The van der Waals surface area contributed by atoms with Crippen LogP contribution in [0.2, 0.25) is 0 Å². The molecule has 0 aromatic carbocycles. The van der Waals surface area contributed by atoms with Gasteiger partial charge in [0.25, 0.3) is 6.43 Å². The Hall–Kier alpha value is -0.750. The van der Waals surface area contributed by atoms with Gasteiger partial charge in [0.05, 0.1) is 12.6 Å². The van der Waals surface area contributed by atoms with Crippen molar-refractivity contribution >= 4 is 5.91 Å². The molecule has 1 heterocycles. The van der Waals surface area contributed by atoms with Gasteiger partial charge in [0.1, 0.15) is 0 Å². The van der Waals surface area contributed by atoms with E-state index in [1.54, 1.807) is 0 Å². The third-order valence-electron chi connectivity index (χ3n) is 2.85. The molecular formula is C10H18F2N2O2. The van der Waals surface area contributed by atoms with Crippen LogP contribution in [0, 0.1) is 5.92 Å². The van der Waals surface area contributed by atoms with Gasteiger partial charge < -0.3 is 15.4 Å². The van der Waals surface area contributed by atoms with Gasteiger partial charge in [0.2, 0.25) is 5.91 Å². The molecule has 6 heteroatoms. The lowest BCUT2D eigenvalue weighted by Crippen LogP contribution is -2.48. The second kappa shape index (κ2) is 6.10. The number of rotatable bonds is 4. The normalized spacial score (nSPS) is 19.8. The summed E-state index contributed by atoms with van der Waals surface area (Å²) in [7, 11) is 1.35. The number of likely N-dealkylation sites (N-methyl/N-ethyl adjacent to an activating group) is 1. The van der Waals surface area contributed by atoms with Crippen molar-refractivity contribution < 1.29 is 18.3 Å². The Bertz CT molecular complexity index is 233. The van der Waals surface area contributed by atoms with E-state index in [1.165, 1.54) is 7.05 Å². The summed E-state index contributed by atoms with van der Waals surface area (Å²) in [5, 5.41) is 0. The van der Waals surface area contributed by atoms with Crippen molar-refractivity contribution in [3.05, 3.63) is 0 Å². The summed E-state index contributed by atoms with van der Waals surface area (Å²) in [4.78, 5) is 12.7. The highest BCUT2D eigenvalue weighted by Crippen LogP contribution is 2.18. The first-order chi connectivity index (χ1) is 7.52. The van der Waals surface area contributed by atoms with Crippen LogP contribution in [0.5, 0.6) is 0 Å². The Morgan fingerprint density at radius 2 is 2.06 bits per heavy atom. The molecule has 2 N–H and O–H groups in total. The van der Waals surface area contributed by atoms with Gasteiger partial charge in [-0.1, -0.05) is 0 Å². The number of alkyl halides is 2. The molecule has 1 rings (SSSR count). The molecule has 0 radical (unpaired) electrons. The predicted molar refractivity (Wildman–Crippen MR) is 55.2 cm³/mol. The maximum absolute atomic E-state index is 12.1. The van der Waals surface area contributed by atoms with Crippen molar-refractivity contribution in [2.24, 2.45) is 11.7 Å². The fraction of sp³-hybridized carbons (Fsp3) is 0.900. The molecule has 0 aromatic rings. The first kappa shape index (κ1) is 13.3. The molecule has 1 saturated heterocycles. The maximum Gasteiger partial charge on any atom is 0.255 e. The van der Waals surface area contributed by atoms with Gasteiger partial charge in [-0.15, -0.1) is 0 Å². The first-order valence-corrected chi connectivity index (χ1v) is 5.39. The molecule has 1 fully saturated rings. The van der Waals surface area contributed by atoms with Crippen molar-refractivity contribution in [1.29, 1.82) is 0 Å². The van der Waals surface area contributed by atoms with Crippen LogP contribution in [-0.2, 0) is 9.53 Å². The summed E-state index contributed by atoms with van der Waals surface area (Å²) in [5.74, 6) is -0.367. The standard InChI is InChI=1S/C10H18F2N2O2/c1-14(6-8(11)12)10(15)9(13)7-2-4-16-5-3-7/h7-9H,2-6,13H2,1H3. The highest BCUT2D eigenvalue weighted by molar-refractivity contribution is 5.81. The Kier molecular flexibility index (Phi) is 5.08. The lowest BCUT2D eigenvalue weighted by Gasteiger charge is -2.29. The van der Waals surface area contributed by atoms with Crippen molar-refractivity contribution in [2.75, 3.05) is 26.8 Å². The van der Waals surface area contributed by atoms with Crippen LogP contribution in [0.15, 0.2) is 0 Å². The molecule has 1 atom stereocenters. The fourth-order valence-corrected chi connectivity index (χ4v) is 1.83. The van der Waals surface area contributed by atoms with E-state index in [1.807, 2.05) is 0 Å². The third-order valence-corrected chi connectivity index (χ3v) is 2.85. The molecule has 4 nitrogen and oxygen atoms in total. The average molecular weight is 236 g/mol. The molecule has 1 aliphatic rings. The van der Waals surface area contributed by atoms with E-state index in [4.69, 9.17) is 10.5 Å². The van der Waals surface area contributed by atoms with Gasteiger partial charge in [0, 0.05) is 20.3 Å². The number of ether oxygens (including phenoxy) is 1. The second-order valence-corrected chi connectivity index (χ2v) is 4.09. The summed E-state index contributed by atoms with van der Waals surface area (Å²) in [6.07, 6.45) is -1.08. The molecule has 0 aliphatic carbocycles. The largest absolute Gasteiger partial charge is 0.381 e. The zero-order valence-corrected chi connectivity index (χ0v) is 9.36. The summed E-state index contributed by atoms with van der Waals surface area (Å²) < 4.78 is 29.3. The number of hydrogen-bond acceptors (Lipinski definition) is 3. The van der Waals surface area contributed by atoms with Crippen molar-refractivity contribution in [3.63, 3.8) is 0 Å². The van der Waals surface area contributed by atoms with E-state index >= 15 is 0 Å². The highest BCUT2D eigenvalue weighted by atomic mass is 19.3. The van der Waals surface area contributed by atoms with Gasteiger partial charge >= 0.3 is 0 Å². The average Bonchev–Trinajstić information content (AvgIpc) is 2.27. The van der Waals surface area contributed by atoms with E-state index in [9.17, 15) is 13.6 Å². The van der Waals surface area contributed by atoms with E-state index < -0.39 is 24.9 Å². The van der Waals surface area contributed by atoms with Crippen LogP contribution in [0.4, 0.5) is 8.78 Å². The maximum atomic E-state index is 12.1. The zero-order chi connectivity index (χ0) is 12.1. The van der Waals surface area contributed by atoms with Crippen LogP contribution in [0.25, 0.3) is 0 Å². The molecule has 1 amide bonds. The predicted octanol–water partition coefficient (Wildman–Crippen LogP) is 0.464. The number of nitrogens with two attached hydrogens (primary N) is 1. The van der Waals surface area contributed by atoms with Crippen LogP contribution < -0.4 is 5.73 Å². The molecule has 16 heavy (non-hydrogen) atoms. The van der Waals surface area contributed by atoms with E-state index in [-0.39, 0.29) is 5.92 Å². The summed E-state index contributed by atoms with van der Waals surface area (Å²) in [6, 6.07) is -0.687. The molecule has 1 aliphatic heterocycles. The minimum Gasteiger partial charge on any atom is -0.381 e. The van der Waals surface area contributed by atoms with E-state index in [0.717, 1.165) is 17.7 Å². The molecule has 94 valence electrons. The Morgan fingerprint density at radius 3 is 2.56 bits per heavy atom. The van der Waals surface area contributed by atoms with Crippen molar-refractivity contribution in [1.82, 2.24) is 4.90 Å². The Balaban J connectivity index is 2.45. The quantitative estimate of drug-likeness (QED) is 0.771. The molecule has 0 saturated carbocycles. The van der Waals surface area contributed by atoms with E-state index in [0.29, 0.717) is 13.2 Å². The van der Waals surface area contributed by atoms with Gasteiger partial charge in [-0.3, -0.25) is 4.79 Å². The van der Waals surface area contributed by atoms with Gasteiger partial charge in [0.15, 0.2) is 0 Å². The monoisotopic (exact) mass is 236 g/mol. The topological polar surface area (TPSA) is 55.6 Å². The first-order valence-electron chi connectivity index (χ1n) is 5.39. The third kappa shape index (κ3) is 3.68. The van der Waals surface area contributed by atoms with Crippen LogP contribution in [-0.4, -0.2) is 50.1 Å².